The third-order valence-corrected chi connectivity index (χ3v) is 6.00. The molecule has 0 unspecified atom stereocenters. The predicted molar refractivity (Wildman–Crippen MR) is 114 cm³/mol. The molecule has 0 amide bonds. The third kappa shape index (κ3) is 4.15. The lowest BCUT2D eigenvalue weighted by atomic mass is 10.0. The van der Waals surface area contributed by atoms with Gasteiger partial charge in [-0.05, 0) is 43.7 Å². The Balaban J connectivity index is 1.83. The van der Waals surface area contributed by atoms with E-state index in [-0.39, 0.29) is 12.7 Å². The molecule has 0 spiro atoms. The molecule has 1 aliphatic heterocycles. The van der Waals surface area contributed by atoms with Crippen molar-refractivity contribution >= 4 is 16.5 Å². The number of nitriles is 1. The molecule has 29 heavy (non-hydrogen) atoms. The fraction of sp³-hybridized carbons (Fsp3) is 0.318. The van der Waals surface area contributed by atoms with Gasteiger partial charge in [0.25, 0.3) is 0 Å². The second kappa shape index (κ2) is 8.29. The molecule has 1 fully saturated rings. The van der Waals surface area contributed by atoms with E-state index in [1.165, 1.54) is 0 Å². The number of hydrogen-bond donors (Lipinski definition) is 1. The zero-order chi connectivity index (χ0) is 20.4. The Morgan fingerprint density at radius 3 is 2.72 bits per heavy atom. The third-order valence-electron chi connectivity index (χ3n) is 4.84. The van der Waals surface area contributed by atoms with Crippen LogP contribution in [-0.4, -0.2) is 47.5 Å². The van der Waals surface area contributed by atoms with Crippen molar-refractivity contribution in [2.45, 2.75) is 20.0 Å². The number of aryl methyl sites for hydroxylation is 2. The van der Waals surface area contributed by atoms with Gasteiger partial charge in [0.2, 0.25) is 0 Å². The first kappa shape index (κ1) is 19.5. The maximum atomic E-state index is 9.48. The van der Waals surface area contributed by atoms with E-state index < -0.39 is 0 Å². The minimum Gasteiger partial charge on any atom is -0.394 e. The van der Waals surface area contributed by atoms with E-state index >= 15 is 0 Å². The zero-order valence-electron chi connectivity index (χ0n) is 16.4. The molecule has 2 aromatic heterocycles. The van der Waals surface area contributed by atoms with Crippen molar-refractivity contribution in [3.8, 4) is 27.8 Å². The average molecular weight is 407 g/mol. The molecule has 3 heterocycles. The summed E-state index contributed by atoms with van der Waals surface area (Å²) in [6, 6.07) is 13.9. The first-order valence-electron chi connectivity index (χ1n) is 9.52. The highest BCUT2D eigenvalue weighted by Crippen LogP contribution is 2.41. The Morgan fingerprint density at radius 1 is 1.21 bits per heavy atom. The summed E-state index contributed by atoms with van der Waals surface area (Å²) in [4.78, 5) is 12.7. The van der Waals surface area contributed by atoms with Crippen LogP contribution in [0, 0.1) is 25.2 Å². The van der Waals surface area contributed by atoms with E-state index in [9.17, 15) is 10.4 Å². The van der Waals surface area contributed by atoms with Crippen molar-refractivity contribution in [1.29, 1.82) is 5.26 Å². The molecule has 6 nitrogen and oxygen atoms in total. The Kier molecular flexibility index (Phi) is 5.58. The number of benzene rings is 1. The Labute approximate surface area is 174 Å². The lowest BCUT2D eigenvalue weighted by Crippen LogP contribution is -2.44. The molecule has 0 saturated carbocycles. The SMILES string of the molecule is Cc1cc(-c2sc(N3CCO[C@H](CO)C3)nc2-c2cccc(C#N)c2)cc(C)n1. The number of morpholine rings is 1. The number of thiazole rings is 1. The molecule has 3 aromatic rings. The number of aliphatic hydroxyl groups is 1. The highest BCUT2D eigenvalue weighted by Gasteiger charge is 2.25. The van der Waals surface area contributed by atoms with Gasteiger partial charge in [0.15, 0.2) is 5.13 Å². The highest BCUT2D eigenvalue weighted by molar-refractivity contribution is 7.19. The van der Waals surface area contributed by atoms with Crippen molar-refractivity contribution in [1.82, 2.24) is 9.97 Å². The summed E-state index contributed by atoms with van der Waals surface area (Å²) in [7, 11) is 0. The molecule has 0 aliphatic carbocycles. The minimum absolute atomic E-state index is 0.00541. The van der Waals surface area contributed by atoms with Crippen LogP contribution in [0.4, 0.5) is 5.13 Å². The molecule has 1 saturated heterocycles. The first-order valence-corrected chi connectivity index (χ1v) is 10.3. The molecule has 148 valence electrons. The molecular formula is C22H22N4O2S. The van der Waals surface area contributed by atoms with Gasteiger partial charge in [-0.1, -0.05) is 23.5 Å². The number of anilines is 1. The van der Waals surface area contributed by atoms with Crippen LogP contribution < -0.4 is 4.90 Å². The quantitative estimate of drug-likeness (QED) is 0.713. The van der Waals surface area contributed by atoms with Crippen LogP contribution in [0.15, 0.2) is 36.4 Å². The second-order valence-corrected chi connectivity index (χ2v) is 8.10. The van der Waals surface area contributed by atoms with Crippen LogP contribution in [-0.2, 0) is 4.74 Å². The Bertz CT molecular complexity index is 1050. The lowest BCUT2D eigenvalue weighted by molar-refractivity contribution is 0.00356. The minimum atomic E-state index is -0.202. The second-order valence-electron chi connectivity index (χ2n) is 7.13. The Morgan fingerprint density at radius 2 is 2.00 bits per heavy atom. The molecule has 1 N–H and O–H groups in total. The van der Waals surface area contributed by atoms with Crippen LogP contribution in [0.5, 0.6) is 0 Å². The van der Waals surface area contributed by atoms with Gasteiger partial charge in [-0.15, -0.1) is 0 Å². The van der Waals surface area contributed by atoms with E-state index in [4.69, 9.17) is 9.72 Å². The highest BCUT2D eigenvalue weighted by atomic mass is 32.1. The summed E-state index contributed by atoms with van der Waals surface area (Å²) in [5.74, 6) is 0. The van der Waals surface area contributed by atoms with Crippen molar-refractivity contribution in [2.75, 3.05) is 31.2 Å². The van der Waals surface area contributed by atoms with Gasteiger partial charge < -0.3 is 14.7 Å². The molecule has 0 bridgehead atoms. The number of ether oxygens (including phenoxy) is 1. The van der Waals surface area contributed by atoms with Gasteiger partial charge in [0.05, 0.1) is 41.5 Å². The molecule has 0 radical (unpaired) electrons. The normalized spacial score (nSPS) is 16.6. The summed E-state index contributed by atoms with van der Waals surface area (Å²) in [6.07, 6.45) is -0.202. The topological polar surface area (TPSA) is 82.3 Å². The maximum Gasteiger partial charge on any atom is 0.186 e. The van der Waals surface area contributed by atoms with Gasteiger partial charge in [-0.3, -0.25) is 4.98 Å². The zero-order valence-corrected chi connectivity index (χ0v) is 17.2. The van der Waals surface area contributed by atoms with Crippen LogP contribution in [0.25, 0.3) is 21.7 Å². The fourth-order valence-corrected chi connectivity index (χ4v) is 4.65. The molecule has 1 aliphatic rings. The van der Waals surface area contributed by atoms with Gasteiger partial charge >= 0.3 is 0 Å². The smallest absolute Gasteiger partial charge is 0.186 e. The van der Waals surface area contributed by atoms with E-state index in [0.717, 1.165) is 44.8 Å². The summed E-state index contributed by atoms with van der Waals surface area (Å²) in [5.41, 5.74) is 5.37. The van der Waals surface area contributed by atoms with Crippen molar-refractivity contribution < 1.29 is 9.84 Å². The average Bonchev–Trinajstić information content (AvgIpc) is 3.19. The van der Waals surface area contributed by atoms with Crippen LogP contribution in [0.1, 0.15) is 17.0 Å². The van der Waals surface area contributed by atoms with Crippen molar-refractivity contribution in [3.63, 3.8) is 0 Å². The van der Waals surface area contributed by atoms with Gasteiger partial charge in [0, 0.05) is 30.0 Å². The van der Waals surface area contributed by atoms with Crippen molar-refractivity contribution in [2.24, 2.45) is 0 Å². The van der Waals surface area contributed by atoms with E-state index in [0.29, 0.717) is 18.7 Å². The first-order chi connectivity index (χ1) is 14.1. The van der Waals surface area contributed by atoms with E-state index in [1.807, 2.05) is 32.0 Å². The molecule has 7 heteroatoms. The molecule has 1 atom stereocenters. The number of nitrogens with zero attached hydrogens (tertiary/aromatic N) is 4. The molecule has 1 aromatic carbocycles. The summed E-state index contributed by atoms with van der Waals surface area (Å²) >= 11 is 1.62. The lowest BCUT2D eigenvalue weighted by Gasteiger charge is -2.31. The van der Waals surface area contributed by atoms with Crippen LogP contribution in [0.2, 0.25) is 0 Å². The van der Waals surface area contributed by atoms with Gasteiger partial charge in [-0.25, -0.2) is 4.98 Å². The van der Waals surface area contributed by atoms with Gasteiger partial charge in [0.1, 0.15) is 0 Å². The molecular weight excluding hydrogens is 384 g/mol. The number of pyridine rings is 1. The van der Waals surface area contributed by atoms with E-state index in [2.05, 4.69) is 28.1 Å². The number of hydrogen-bond acceptors (Lipinski definition) is 7. The largest absolute Gasteiger partial charge is 0.394 e. The number of aromatic nitrogens is 2. The summed E-state index contributed by atoms with van der Waals surface area (Å²) in [5, 5.41) is 19.7. The van der Waals surface area contributed by atoms with Crippen LogP contribution in [0.3, 0.4) is 0 Å². The molecule has 4 rings (SSSR count). The fourth-order valence-electron chi connectivity index (χ4n) is 3.54. The number of rotatable bonds is 4. The monoisotopic (exact) mass is 406 g/mol. The number of aliphatic hydroxyl groups excluding tert-OH is 1. The summed E-state index contributed by atoms with van der Waals surface area (Å²) < 4.78 is 5.59. The predicted octanol–water partition coefficient (Wildman–Crippen LogP) is 3.56. The van der Waals surface area contributed by atoms with E-state index in [1.54, 1.807) is 17.4 Å². The maximum absolute atomic E-state index is 9.48. The Hall–Kier alpha value is -2.79. The summed E-state index contributed by atoms with van der Waals surface area (Å²) in [6.45, 7) is 5.87. The van der Waals surface area contributed by atoms with Crippen LogP contribution >= 0.6 is 11.3 Å². The van der Waals surface area contributed by atoms with Gasteiger partial charge in [-0.2, -0.15) is 5.26 Å². The van der Waals surface area contributed by atoms with Crippen molar-refractivity contribution in [3.05, 3.63) is 53.3 Å². The standard InChI is InChI=1S/C22H22N4O2S/c1-14-8-18(9-15(2)24-14)21-20(17-5-3-4-16(10-17)11-23)25-22(29-21)26-6-7-28-19(12-26)13-27/h3-5,8-10,19,27H,6-7,12-13H2,1-2H3/t19-/m0/s1.